The highest BCUT2D eigenvalue weighted by Crippen LogP contribution is 2.31. The molecule has 1 aromatic carbocycles. The van der Waals surface area contributed by atoms with Gasteiger partial charge in [0.1, 0.15) is 5.82 Å². The number of carbonyl (C=O) groups excluding carboxylic acids is 1. The molecule has 4 nitrogen and oxygen atoms in total. The van der Waals surface area contributed by atoms with E-state index in [2.05, 4.69) is 20.8 Å². The molecule has 0 aliphatic heterocycles. The molecule has 0 aliphatic rings. The SMILES string of the molecule is CCOC(=O)c1cc(N(C)C(C)C(C)(C)C)c(F)cc1N. The van der Waals surface area contributed by atoms with Crippen LogP contribution in [-0.2, 0) is 4.74 Å². The third-order valence-corrected chi connectivity index (χ3v) is 3.83. The lowest BCUT2D eigenvalue weighted by Crippen LogP contribution is -2.40. The molecule has 2 N–H and O–H groups in total. The lowest BCUT2D eigenvalue weighted by molar-refractivity contribution is 0.0527. The Hall–Kier alpha value is -1.78. The van der Waals surface area contributed by atoms with Gasteiger partial charge >= 0.3 is 5.97 Å². The number of nitrogens with zero attached hydrogens (tertiary/aromatic N) is 1. The highest BCUT2D eigenvalue weighted by Gasteiger charge is 2.27. The van der Waals surface area contributed by atoms with Crippen LogP contribution in [0, 0.1) is 11.2 Å². The first-order valence-electron chi connectivity index (χ1n) is 7.08. The van der Waals surface area contributed by atoms with E-state index in [4.69, 9.17) is 10.5 Å². The summed E-state index contributed by atoms with van der Waals surface area (Å²) in [4.78, 5) is 13.7. The van der Waals surface area contributed by atoms with Crippen molar-refractivity contribution in [1.29, 1.82) is 0 Å². The number of ether oxygens (including phenoxy) is 1. The molecular formula is C16H25FN2O2. The molecule has 0 radical (unpaired) electrons. The molecule has 1 aromatic rings. The molecule has 1 rings (SSSR count). The molecule has 1 atom stereocenters. The Bertz CT molecular complexity index is 524. The fourth-order valence-electron chi connectivity index (χ4n) is 2.02. The molecule has 1 unspecified atom stereocenters. The van der Waals surface area contributed by atoms with Crippen LogP contribution in [0.3, 0.4) is 0 Å². The Morgan fingerprint density at radius 1 is 1.43 bits per heavy atom. The van der Waals surface area contributed by atoms with Gasteiger partial charge < -0.3 is 15.4 Å². The van der Waals surface area contributed by atoms with E-state index in [0.29, 0.717) is 5.69 Å². The summed E-state index contributed by atoms with van der Waals surface area (Å²) in [6, 6.07) is 2.71. The van der Waals surface area contributed by atoms with Crippen molar-refractivity contribution < 1.29 is 13.9 Å². The van der Waals surface area contributed by atoms with E-state index in [1.807, 2.05) is 11.8 Å². The maximum absolute atomic E-state index is 14.2. The first-order valence-corrected chi connectivity index (χ1v) is 7.08. The van der Waals surface area contributed by atoms with Gasteiger partial charge in [-0.25, -0.2) is 9.18 Å². The summed E-state index contributed by atoms with van der Waals surface area (Å²) in [6.07, 6.45) is 0. The van der Waals surface area contributed by atoms with Gasteiger partial charge in [0.15, 0.2) is 0 Å². The summed E-state index contributed by atoms with van der Waals surface area (Å²) < 4.78 is 19.2. The van der Waals surface area contributed by atoms with Crippen LogP contribution in [-0.4, -0.2) is 25.7 Å². The van der Waals surface area contributed by atoms with E-state index in [-0.39, 0.29) is 29.3 Å². The Kier molecular flexibility index (Phi) is 5.20. The van der Waals surface area contributed by atoms with Gasteiger partial charge in [-0.2, -0.15) is 0 Å². The second-order valence-electron chi connectivity index (χ2n) is 6.26. The molecule has 0 saturated heterocycles. The van der Waals surface area contributed by atoms with Crippen molar-refractivity contribution in [1.82, 2.24) is 0 Å². The maximum Gasteiger partial charge on any atom is 0.340 e. The zero-order valence-electron chi connectivity index (χ0n) is 13.7. The Morgan fingerprint density at radius 2 is 2.00 bits per heavy atom. The summed E-state index contributed by atoms with van der Waals surface area (Å²) in [6.45, 7) is 10.2. The van der Waals surface area contributed by atoms with Crippen molar-refractivity contribution in [3.05, 3.63) is 23.5 Å². The molecule has 0 fully saturated rings. The zero-order valence-corrected chi connectivity index (χ0v) is 13.7. The molecule has 0 aliphatic carbocycles. The highest BCUT2D eigenvalue weighted by molar-refractivity contribution is 5.96. The number of carbonyl (C=O) groups is 1. The lowest BCUT2D eigenvalue weighted by atomic mass is 9.87. The van der Waals surface area contributed by atoms with Gasteiger partial charge in [-0.15, -0.1) is 0 Å². The summed E-state index contributed by atoms with van der Waals surface area (Å²) in [5.74, 6) is -0.979. The standard InChI is InChI=1S/C16H25FN2O2/c1-7-21-15(20)11-8-14(12(17)9-13(11)18)19(6)10(2)16(3,4)5/h8-10H,7,18H2,1-6H3. The van der Waals surface area contributed by atoms with Gasteiger partial charge in [0.05, 0.1) is 17.9 Å². The predicted octanol–water partition coefficient (Wildman–Crippen LogP) is 3.46. The van der Waals surface area contributed by atoms with Crippen molar-refractivity contribution in [3.8, 4) is 0 Å². The summed E-state index contributed by atoms with van der Waals surface area (Å²) in [7, 11) is 1.81. The quantitative estimate of drug-likeness (QED) is 0.683. The van der Waals surface area contributed by atoms with E-state index < -0.39 is 11.8 Å². The van der Waals surface area contributed by atoms with Crippen LogP contribution in [0.25, 0.3) is 0 Å². The van der Waals surface area contributed by atoms with Crippen LogP contribution in [0.15, 0.2) is 12.1 Å². The topological polar surface area (TPSA) is 55.6 Å². The van der Waals surface area contributed by atoms with Crippen molar-refractivity contribution in [2.24, 2.45) is 5.41 Å². The van der Waals surface area contributed by atoms with Gasteiger partial charge in [0.2, 0.25) is 0 Å². The summed E-state index contributed by atoms with van der Waals surface area (Å²) in [5.41, 5.74) is 6.32. The number of nitrogen functional groups attached to an aromatic ring is 1. The van der Waals surface area contributed by atoms with E-state index in [0.717, 1.165) is 0 Å². The largest absolute Gasteiger partial charge is 0.462 e. The zero-order chi connectivity index (χ0) is 16.4. The average molecular weight is 296 g/mol. The number of nitrogens with two attached hydrogens (primary N) is 1. The predicted molar refractivity (Wildman–Crippen MR) is 84.1 cm³/mol. The van der Waals surface area contributed by atoms with Crippen molar-refractivity contribution in [2.75, 3.05) is 24.3 Å². The molecule has 0 heterocycles. The molecule has 0 aromatic heterocycles. The van der Waals surface area contributed by atoms with Gasteiger partial charge in [-0.1, -0.05) is 20.8 Å². The Balaban J connectivity index is 3.25. The maximum atomic E-state index is 14.2. The highest BCUT2D eigenvalue weighted by atomic mass is 19.1. The smallest absolute Gasteiger partial charge is 0.340 e. The third-order valence-electron chi connectivity index (χ3n) is 3.83. The van der Waals surface area contributed by atoms with Crippen LogP contribution in [0.5, 0.6) is 0 Å². The normalized spacial score (nSPS) is 12.9. The molecule has 0 spiro atoms. The number of hydrogen-bond acceptors (Lipinski definition) is 4. The molecule has 0 bridgehead atoms. The molecule has 118 valence electrons. The fraction of sp³-hybridized carbons (Fsp3) is 0.562. The monoisotopic (exact) mass is 296 g/mol. The van der Waals surface area contributed by atoms with Crippen LogP contribution in [0.4, 0.5) is 15.8 Å². The van der Waals surface area contributed by atoms with Gasteiger partial charge in [0.25, 0.3) is 0 Å². The Morgan fingerprint density at radius 3 is 2.48 bits per heavy atom. The van der Waals surface area contributed by atoms with E-state index in [1.54, 1.807) is 14.0 Å². The minimum Gasteiger partial charge on any atom is -0.462 e. The van der Waals surface area contributed by atoms with E-state index in [1.165, 1.54) is 12.1 Å². The summed E-state index contributed by atoms with van der Waals surface area (Å²) in [5, 5.41) is 0. The van der Waals surface area contributed by atoms with E-state index >= 15 is 0 Å². The van der Waals surface area contributed by atoms with Gasteiger partial charge in [-0.05, 0) is 31.4 Å². The van der Waals surface area contributed by atoms with Crippen molar-refractivity contribution >= 4 is 17.3 Å². The number of hydrogen-bond donors (Lipinski definition) is 1. The van der Waals surface area contributed by atoms with Crippen LogP contribution in [0.1, 0.15) is 45.0 Å². The number of anilines is 2. The first kappa shape index (κ1) is 17.3. The number of halogens is 1. The molecule has 0 saturated carbocycles. The fourth-order valence-corrected chi connectivity index (χ4v) is 2.02. The van der Waals surface area contributed by atoms with Crippen molar-refractivity contribution in [2.45, 2.75) is 40.7 Å². The molecule has 0 amide bonds. The molecule has 21 heavy (non-hydrogen) atoms. The van der Waals surface area contributed by atoms with Crippen molar-refractivity contribution in [3.63, 3.8) is 0 Å². The minimum absolute atomic E-state index is 0.0351. The number of esters is 1. The molecular weight excluding hydrogens is 271 g/mol. The second kappa shape index (κ2) is 6.33. The molecule has 5 heteroatoms. The second-order valence-corrected chi connectivity index (χ2v) is 6.26. The van der Waals surface area contributed by atoms with Gasteiger partial charge in [0, 0.05) is 18.8 Å². The minimum atomic E-state index is -0.534. The van der Waals surface area contributed by atoms with E-state index in [9.17, 15) is 9.18 Å². The lowest BCUT2D eigenvalue weighted by Gasteiger charge is -2.37. The average Bonchev–Trinajstić information content (AvgIpc) is 2.36. The van der Waals surface area contributed by atoms with Crippen LogP contribution >= 0.6 is 0 Å². The van der Waals surface area contributed by atoms with Gasteiger partial charge in [-0.3, -0.25) is 0 Å². The third kappa shape index (κ3) is 3.86. The summed E-state index contributed by atoms with van der Waals surface area (Å²) >= 11 is 0. The Labute approximate surface area is 126 Å². The number of rotatable bonds is 4. The first-order chi connectivity index (χ1) is 9.59. The van der Waals surface area contributed by atoms with Crippen LogP contribution < -0.4 is 10.6 Å². The number of benzene rings is 1. The van der Waals surface area contributed by atoms with Crippen LogP contribution in [0.2, 0.25) is 0 Å².